The highest BCUT2D eigenvalue weighted by Gasteiger charge is 2.47. The minimum atomic E-state index is -3.14. The maximum absolute atomic E-state index is 13.3. The van der Waals surface area contributed by atoms with E-state index in [0.717, 1.165) is 0 Å². The molecule has 2 heterocycles. The van der Waals surface area contributed by atoms with Gasteiger partial charge >= 0.3 is 0 Å². The lowest BCUT2D eigenvalue weighted by Crippen LogP contribution is -2.59. The summed E-state index contributed by atoms with van der Waals surface area (Å²) in [6.07, 6.45) is 0. The Morgan fingerprint density at radius 3 is 2.41 bits per heavy atom. The van der Waals surface area contributed by atoms with Gasteiger partial charge in [-0.05, 0) is 31.3 Å². The van der Waals surface area contributed by atoms with Gasteiger partial charge in [0.2, 0.25) is 0 Å². The van der Waals surface area contributed by atoms with Gasteiger partial charge in [0.15, 0.2) is 9.84 Å². The second-order valence-electron chi connectivity index (χ2n) is 7.10. The van der Waals surface area contributed by atoms with Crippen molar-refractivity contribution in [1.29, 1.82) is 0 Å². The maximum atomic E-state index is 13.3. The van der Waals surface area contributed by atoms with Crippen LogP contribution in [-0.2, 0) is 9.84 Å². The molecule has 6 nitrogen and oxygen atoms in total. The molecular weight excluding hydrogens is 364 g/mol. The molecule has 2 saturated heterocycles. The standard InChI is InChI=1S/C20H22N2O4S/c1-21-11-12-22(18-14-27(24,25)13-17(18)21)20(23)16-9-5-6-10-19(16)26-15-7-3-2-4-8-15/h2-10,17-18H,11-14H2,1H3/t17-,18+/m1/s1. The van der Waals surface area contributed by atoms with Gasteiger partial charge in [0.1, 0.15) is 11.5 Å². The molecule has 27 heavy (non-hydrogen) atoms. The number of rotatable bonds is 3. The number of sulfone groups is 1. The van der Waals surface area contributed by atoms with E-state index in [9.17, 15) is 13.2 Å². The van der Waals surface area contributed by atoms with Gasteiger partial charge in [0.05, 0.1) is 23.1 Å². The van der Waals surface area contributed by atoms with Crippen LogP contribution in [-0.4, -0.2) is 67.9 Å². The molecule has 142 valence electrons. The number of carbonyl (C=O) groups excluding carboxylic acids is 1. The summed E-state index contributed by atoms with van der Waals surface area (Å²) < 4.78 is 30.3. The molecule has 0 bridgehead atoms. The first-order chi connectivity index (χ1) is 12.9. The van der Waals surface area contributed by atoms with E-state index in [1.54, 1.807) is 23.1 Å². The Labute approximate surface area is 159 Å². The largest absolute Gasteiger partial charge is 0.457 e. The quantitative estimate of drug-likeness (QED) is 0.808. The van der Waals surface area contributed by atoms with E-state index in [4.69, 9.17) is 4.74 Å². The summed E-state index contributed by atoms with van der Waals surface area (Å²) in [5.74, 6) is 1.08. The third kappa shape index (κ3) is 3.57. The second kappa shape index (κ2) is 6.98. The van der Waals surface area contributed by atoms with Crippen molar-refractivity contribution in [3.8, 4) is 11.5 Å². The zero-order valence-corrected chi connectivity index (χ0v) is 15.9. The molecule has 0 aromatic heterocycles. The monoisotopic (exact) mass is 386 g/mol. The van der Waals surface area contributed by atoms with Gasteiger partial charge in [0.25, 0.3) is 5.91 Å². The van der Waals surface area contributed by atoms with Crippen molar-refractivity contribution in [2.24, 2.45) is 0 Å². The van der Waals surface area contributed by atoms with Gasteiger partial charge in [0, 0.05) is 19.1 Å². The lowest BCUT2D eigenvalue weighted by molar-refractivity contribution is 0.0408. The summed E-state index contributed by atoms with van der Waals surface area (Å²) in [5.41, 5.74) is 0.453. The first kappa shape index (κ1) is 18.0. The molecule has 2 aliphatic rings. The molecule has 4 rings (SSSR count). The van der Waals surface area contributed by atoms with E-state index in [1.165, 1.54) is 0 Å². The fourth-order valence-corrected chi connectivity index (χ4v) is 5.94. The number of piperazine rings is 1. The number of para-hydroxylation sites is 2. The molecule has 0 unspecified atom stereocenters. The zero-order chi connectivity index (χ0) is 19.0. The summed E-state index contributed by atoms with van der Waals surface area (Å²) in [5, 5.41) is 0. The molecule has 0 aliphatic carbocycles. The first-order valence-electron chi connectivity index (χ1n) is 8.98. The van der Waals surface area contributed by atoms with Gasteiger partial charge in [-0.25, -0.2) is 8.42 Å². The summed E-state index contributed by atoms with van der Waals surface area (Å²) >= 11 is 0. The number of benzene rings is 2. The highest BCUT2D eigenvalue weighted by molar-refractivity contribution is 7.91. The average Bonchev–Trinajstić information content (AvgIpc) is 2.99. The average molecular weight is 386 g/mol. The predicted molar refractivity (Wildman–Crippen MR) is 103 cm³/mol. The first-order valence-corrected chi connectivity index (χ1v) is 10.8. The van der Waals surface area contributed by atoms with Crippen molar-refractivity contribution in [2.75, 3.05) is 31.6 Å². The molecule has 0 N–H and O–H groups in total. The Kier molecular flexibility index (Phi) is 4.65. The molecule has 2 aromatic carbocycles. The Morgan fingerprint density at radius 2 is 1.63 bits per heavy atom. The van der Waals surface area contributed by atoms with Crippen molar-refractivity contribution < 1.29 is 17.9 Å². The topological polar surface area (TPSA) is 66.9 Å². The van der Waals surface area contributed by atoms with Gasteiger partial charge in [-0.2, -0.15) is 0 Å². The smallest absolute Gasteiger partial charge is 0.258 e. The van der Waals surface area contributed by atoms with Crippen LogP contribution in [0.2, 0.25) is 0 Å². The van der Waals surface area contributed by atoms with Crippen LogP contribution in [0.15, 0.2) is 54.6 Å². The van der Waals surface area contributed by atoms with Crippen molar-refractivity contribution >= 4 is 15.7 Å². The van der Waals surface area contributed by atoms with Crippen LogP contribution < -0.4 is 4.74 Å². The molecule has 0 radical (unpaired) electrons. The molecule has 7 heteroatoms. The van der Waals surface area contributed by atoms with Crippen LogP contribution in [0, 0.1) is 0 Å². The third-order valence-corrected chi connectivity index (χ3v) is 7.00. The number of hydrogen-bond donors (Lipinski definition) is 0. The number of nitrogens with zero attached hydrogens (tertiary/aromatic N) is 2. The lowest BCUT2D eigenvalue weighted by atomic mass is 10.0. The maximum Gasteiger partial charge on any atom is 0.258 e. The number of carbonyl (C=O) groups is 1. The lowest BCUT2D eigenvalue weighted by Gasteiger charge is -2.42. The highest BCUT2D eigenvalue weighted by Crippen LogP contribution is 2.31. The third-order valence-electron chi connectivity index (χ3n) is 5.30. The summed E-state index contributed by atoms with van der Waals surface area (Å²) in [4.78, 5) is 17.1. The van der Waals surface area contributed by atoms with E-state index in [0.29, 0.717) is 30.2 Å². The molecule has 0 saturated carbocycles. The minimum absolute atomic E-state index is 0.0233. The van der Waals surface area contributed by atoms with Crippen LogP contribution in [0.5, 0.6) is 11.5 Å². The van der Waals surface area contributed by atoms with E-state index < -0.39 is 9.84 Å². The number of amides is 1. The van der Waals surface area contributed by atoms with Crippen LogP contribution in [0.1, 0.15) is 10.4 Å². The van der Waals surface area contributed by atoms with Crippen LogP contribution in [0.4, 0.5) is 0 Å². The molecule has 2 aliphatic heterocycles. The molecule has 2 atom stereocenters. The van der Waals surface area contributed by atoms with E-state index in [2.05, 4.69) is 0 Å². The van der Waals surface area contributed by atoms with E-state index >= 15 is 0 Å². The molecule has 0 spiro atoms. The minimum Gasteiger partial charge on any atom is -0.457 e. The zero-order valence-electron chi connectivity index (χ0n) is 15.1. The van der Waals surface area contributed by atoms with E-state index in [1.807, 2.05) is 48.3 Å². The highest BCUT2D eigenvalue weighted by atomic mass is 32.2. The summed E-state index contributed by atoms with van der Waals surface area (Å²) in [6, 6.07) is 16.0. The Morgan fingerprint density at radius 1 is 0.963 bits per heavy atom. The molecule has 2 fully saturated rings. The van der Waals surface area contributed by atoms with E-state index in [-0.39, 0.29) is 29.5 Å². The SMILES string of the molecule is CN1CCN(C(=O)c2ccccc2Oc2ccccc2)[C@H]2CS(=O)(=O)C[C@H]21. The molecular formula is C20H22N2O4S. The summed E-state index contributed by atoms with van der Waals surface area (Å²) in [6.45, 7) is 1.16. The van der Waals surface area contributed by atoms with Crippen LogP contribution in [0.25, 0.3) is 0 Å². The van der Waals surface area contributed by atoms with Gasteiger partial charge in [-0.1, -0.05) is 30.3 Å². The van der Waals surface area contributed by atoms with Crippen LogP contribution >= 0.6 is 0 Å². The van der Waals surface area contributed by atoms with Gasteiger partial charge in [-0.3, -0.25) is 9.69 Å². The normalized spacial score (nSPS) is 24.4. The number of hydrogen-bond acceptors (Lipinski definition) is 5. The number of likely N-dealkylation sites (N-methyl/N-ethyl adjacent to an activating group) is 1. The Balaban J connectivity index is 1.63. The summed E-state index contributed by atoms with van der Waals surface area (Å²) in [7, 11) is -1.21. The van der Waals surface area contributed by atoms with Crippen molar-refractivity contribution in [3.05, 3.63) is 60.2 Å². The van der Waals surface area contributed by atoms with Gasteiger partial charge < -0.3 is 9.64 Å². The van der Waals surface area contributed by atoms with Gasteiger partial charge in [-0.15, -0.1) is 0 Å². The molecule has 2 aromatic rings. The fourth-order valence-electron chi connectivity index (χ4n) is 3.88. The van der Waals surface area contributed by atoms with Crippen molar-refractivity contribution in [1.82, 2.24) is 9.80 Å². The number of ether oxygens (including phenoxy) is 1. The number of fused-ring (bicyclic) bond motifs is 1. The Hall–Kier alpha value is -2.38. The fraction of sp³-hybridized carbons (Fsp3) is 0.350. The van der Waals surface area contributed by atoms with Crippen molar-refractivity contribution in [2.45, 2.75) is 12.1 Å². The Bertz CT molecular complexity index is 945. The van der Waals surface area contributed by atoms with Crippen molar-refractivity contribution in [3.63, 3.8) is 0 Å². The van der Waals surface area contributed by atoms with Crippen LogP contribution in [0.3, 0.4) is 0 Å². The predicted octanol–water partition coefficient (Wildman–Crippen LogP) is 2.03. The molecule has 1 amide bonds. The second-order valence-corrected chi connectivity index (χ2v) is 9.26.